The first-order valence-corrected chi connectivity index (χ1v) is 8.37. The predicted molar refractivity (Wildman–Crippen MR) is 92.0 cm³/mol. The largest absolute Gasteiger partial charge is 0.444 e. The van der Waals surface area contributed by atoms with Gasteiger partial charge in [0.25, 0.3) is 0 Å². The molecule has 24 heavy (non-hydrogen) atoms. The lowest BCUT2D eigenvalue weighted by molar-refractivity contribution is -0.123. The quantitative estimate of drug-likeness (QED) is 0.812. The molecule has 1 aliphatic rings. The number of hydrogen-bond donors (Lipinski definition) is 2. The SMILES string of the molecule is CC(C)(C)OC(=O)N1CCC(CC(=O)NNCc2ccccc2)C1. The van der Waals surface area contributed by atoms with Crippen LogP contribution >= 0.6 is 0 Å². The highest BCUT2D eigenvalue weighted by Crippen LogP contribution is 2.21. The Morgan fingerprint density at radius 3 is 2.62 bits per heavy atom. The number of nitrogens with one attached hydrogen (secondary N) is 2. The average Bonchev–Trinajstić information content (AvgIpc) is 2.95. The van der Waals surface area contributed by atoms with Gasteiger partial charge in [-0.25, -0.2) is 10.2 Å². The van der Waals surface area contributed by atoms with Crippen LogP contribution in [-0.4, -0.2) is 35.6 Å². The van der Waals surface area contributed by atoms with Crippen LogP contribution in [-0.2, 0) is 16.1 Å². The van der Waals surface area contributed by atoms with Gasteiger partial charge in [0.05, 0.1) is 0 Å². The minimum atomic E-state index is -0.492. The minimum absolute atomic E-state index is 0.0537. The van der Waals surface area contributed by atoms with E-state index in [0.29, 0.717) is 26.1 Å². The third-order valence-corrected chi connectivity index (χ3v) is 3.77. The third-order valence-electron chi connectivity index (χ3n) is 3.77. The Bertz CT molecular complexity index is 554. The van der Waals surface area contributed by atoms with Gasteiger partial charge in [-0.05, 0) is 38.7 Å². The summed E-state index contributed by atoms with van der Waals surface area (Å²) in [5.74, 6) is 0.123. The van der Waals surface area contributed by atoms with E-state index < -0.39 is 5.60 Å². The molecule has 2 rings (SSSR count). The van der Waals surface area contributed by atoms with E-state index in [4.69, 9.17) is 4.74 Å². The number of benzene rings is 1. The van der Waals surface area contributed by atoms with Crippen molar-refractivity contribution in [2.75, 3.05) is 13.1 Å². The van der Waals surface area contributed by atoms with Gasteiger partial charge in [0, 0.05) is 26.1 Å². The van der Waals surface area contributed by atoms with E-state index in [-0.39, 0.29) is 17.9 Å². The monoisotopic (exact) mass is 333 g/mol. The van der Waals surface area contributed by atoms with Crippen molar-refractivity contribution >= 4 is 12.0 Å². The van der Waals surface area contributed by atoms with Crippen LogP contribution in [0, 0.1) is 5.92 Å². The Morgan fingerprint density at radius 1 is 1.25 bits per heavy atom. The second-order valence-electron chi connectivity index (χ2n) is 7.17. The average molecular weight is 333 g/mol. The molecule has 1 saturated heterocycles. The summed E-state index contributed by atoms with van der Waals surface area (Å²) in [4.78, 5) is 25.7. The smallest absolute Gasteiger partial charge is 0.410 e. The molecule has 6 heteroatoms. The van der Waals surface area contributed by atoms with Crippen molar-refractivity contribution in [2.24, 2.45) is 5.92 Å². The number of carbonyl (C=O) groups excluding carboxylic acids is 2. The summed E-state index contributed by atoms with van der Waals surface area (Å²) < 4.78 is 5.36. The van der Waals surface area contributed by atoms with Crippen LogP contribution in [0.15, 0.2) is 30.3 Å². The zero-order chi connectivity index (χ0) is 17.6. The Kier molecular flexibility index (Phi) is 6.20. The fourth-order valence-corrected chi connectivity index (χ4v) is 2.65. The molecule has 2 amide bonds. The summed E-state index contributed by atoms with van der Waals surface area (Å²) in [6, 6.07) is 9.87. The van der Waals surface area contributed by atoms with Crippen LogP contribution in [0.25, 0.3) is 0 Å². The Balaban J connectivity index is 1.67. The lowest BCUT2D eigenvalue weighted by atomic mass is 10.1. The van der Waals surface area contributed by atoms with E-state index in [1.165, 1.54) is 0 Å². The normalized spacial score (nSPS) is 17.6. The number of carbonyl (C=O) groups is 2. The molecule has 0 aliphatic carbocycles. The van der Waals surface area contributed by atoms with Crippen molar-refractivity contribution in [3.63, 3.8) is 0 Å². The van der Waals surface area contributed by atoms with Crippen LogP contribution in [0.5, 0.6) is 0 Å². The van der Waals surface area contributed by atoms with Crippen molar-refractivity contribution in [3.05, 3.63) is 35.9 Å². The van der Waals surface area contributed by atoms with Crippen molar-refractivity contribution in [3.8, 4) is 0 Å². The molecule has 1 aromatic carbocycles. The zero-order valence-corrected chi connectivity index (χ0v) is 14.7. The number of likely N-dealkylation sites (tertiary alicyclic amines) is 1. The van der Waals surface area contributed by atoms with Gasteiger partial charge in [-0.2, -0.15) is 0 Å². The Labute approximate surface area is 143 Å². The van der Waals surface area contributed by atoms with Crippen molar-refractivity contribution in [1.29, 1.82) is 0 Å². The lowest BCUT2D eigenvalue weighted by Gasteiger charge is -2.24. The van der Waals surface area contributed by atoms with Crippen LogP contribution < -0.4 is 10.9 Å². The molecule has 1 heterocycles. The number of amides is 2. The number of rotatable bonds is 5. The van der Waals surface area contributed by atoms with Gasteiger partial charge in [0.2, 0.25) is 5.91 Å². The van der Waals surface area contributed by atoms with E-state index in [1.807, 2.05) is 51.1 Å². The molecule has 2 N–H and O–H groups in total. The summed E-state index contributed by atoms with van der Waals surface area (Å²) in [6.07, 6.45) is 0.930. The molecule has 1 fully saturated rings. The van der Waals surface area contributed by atoms with E-state index in [0.717, 1.165) is 12.0 Å². The Hall–Kier alpha value is -2.08. The highest BCUT2D eigenvalue weighted by Gasteiger charge is 2.30. The highest BCUT2D eigenvalue weighted by atomic mass is 16.6. The molecule has 1 atom stereocenters. The van der Waals surface area contributed by atoms with Gasteiger partial charge < -0.3 is 9.64 Å². The van der Waals surface area contributed by atoms with Crippen LogP contribution in [0.2, 0.25) is 0 Å². The summed E-state index contributed by atoms with van der Waals surface area (Å²) in [5.41, 5.74) is 6.27. The highest BCUT2D eigenvalue weighted by molar-refractivity contribution is 5.76. The van der Waals surface area contributed by atoms with E-state index in [2.05, 4.69) is 10.9 Å². The summed E-state index contributed by atoms with van der Waals surface area (Å²) in [7, 11) is 0. The zero-order valence-electron chi connectivity index (χ0n) is 14.7. The molecular weight excluding hydrogens is 306 g/mol. The second kappa shape index (κ2) is 8.15. The summed E-state index contributed by atoms with van der Waals surface area (Å²) in [5, 5.41) is 0. The van der Waals surface area contributed by atoms with Crippen LogP contribution in [0.1, 0.15) is 39.2 Å². The first kappa shape index (κ1) is 18.3. The summed E-state index contributed by atoms with van der Waals surface area (Å²) in [6.45, 7) is 7.35. The molecule has 132 valence electrons. The maximum Gasteiger partial charge on any atom is 0.410 e. The topological polar surface area (TPSA) is 70.7 Å². The maximum absolute atomic E-state index is 12.0. The van der Waals surface area contributed by atoms with Crippen molar-refractivity contribution in [1.82, 2.24) is 15.8 Å². The molecule has 1 unspecified atom stereocenters. The van der Waals surface area contributed by atoms with E-state index in [9.17, 15) is 9.59 Å². The fourth-order valence-electron chi connectivity index (χ4n) is 2.65. The van der Waals surface area contributed by atoms with Crippen LogP contribution in [0.4, 0.5) is 4.79 Å². The molecule has 1 aliphatic heterocycles. The molecule has 6 nitrogen and oxygen atoms in total. The first-order valence-electron chi connectivity index (χ1n) is 8.37. The number of nitrogens with zero attached hydrogens (tertiary/aromatic N) is 1. The number of hydrogen-bond acceptors (Lipinski definition) is 4. The molecular formula is C18H27N3O3. The molecule has 1 aromatic rings. The molecule has 0 bridgehead atoms. The van der Waals surface area contributed by atoms with Crippen molar-refractivity contribution < 1.29 is 14.3 Å². The van der Waals surface area contributed by atoms with Gasteiger partial charge in [-0.15, -0.1) is 0 Å². The molecule has 0 radical (unpaired) electrons. The maximum atomic E-state index is 12.0. The summed E-state index contributed by atoms with van der Waals surface area (Å²) >= 11 is 0. The van der Waals surface area contributed by atoms with Gasteiger partial charge in [0.1, 0.15) is 5.60 Å². The third kappa shape index (κ3) is 6.20. The molecule has 0 saturated carbocycles. The molecule has 0 spiro atoms. The van der Waals surface area contributed by atoms with E-state index >= 15 is 0 Å². The fraction of sp³-hybridized carbons (Fsp3) is 0.556. The predicted octanol–water partition coefficient (Wildman–Crippen LogP) is 2.45. The minimum Gasteiger partial charge on any atom is -0.444 e. The van der Waals surface area contributed by atoms with Gasteiger partial charge >= 0.3 is 6.09 Å². The second-order valence-corrected chi connectivity index (χ2v) is 7.17. The Morgan fingerprint density at radius 2 is 1.96 bits per heavy atom. The lowest BCUT2D eigenvalue weighted by Crippen LogP contribution is -2.38. The van der Waals surface area contributed by atoms with Crippen LogP contribution in [0.3, 0.4) is 0 Å². The van der Waals surface area contributed by atoms with Gasteiger partial charge in [-0.3, -0.25) is 10.2 Å². The van der Waals surface area contributed by atoms with Gasteiger partial charge in [0.15, 0.2) is 0 Å². The number of hydrazine groups is 1. The van der Waals surface area contributed by atoms with Crippen molar-refractivity contribution in [2.45, 2.75) is 45.8 Å². The standard InChI is InChI=1S/C18H27N3O3/c1-18(2,3)24-17(23)21-10-9-15(13-21)11-16(22)20-19-12-14-7-5-4-6-8-14/h4-8,15,19H,9-13H2,1-3H3,(H,20,22). The number of ether oxygens (including phenoxy) is 1. The molecule has 0 aromatic heterocycles. The first-order chi connectivity index (χ1) is 11.3. The van der Waals surface area contributed by atoms with Gasteiger partial charge in [-0.1, -0.05) is 30.3 Å². The van der Waals surface area contributed by atoms with E-state index in [1.54, 1.807) is 4.90 Å².